The van der Waals surface area contributed by atoms with E-state index in [9.17, 15) is 0 Å². The molecule has 2 aromatic heterocycles. The number of fused-ring (bicyclic) bond motifs is 10. The van der Waals surface area contributed by atoms with E-state index in [-0.39, 0.29) is 0 Å². The maximum Gasteiger partial charge on any atom is 0.138 e. The van der Waals surface area contributed by atoms with E-state index in [1.165, 1.54) is 44.5 Å². The minimum absolute atomic E-state index is 0.835. The molecular formula is C58H48N2O2. The number of hydrogen-bond acceptors (Lipinski definition) is 4. The van der Waals surface area contributed by atoms with Gasteiger partial charge in [-0.25, -0.2) is 0 Å². The summed E-state index contributed by atoms with van der Waals surface area (Å²) in [6.07, 6.45) is 0. The van der Waals surface area contributed by atoms with Gasteiger partial charge in [-0.05, 0) is 160 Å². The second kappa shape index (κ2) is 14.1. The Kier molecular flexibility index (Phi) is 8.59. The zero-order chi connectivity index (χ0) is 42.6. The molecule has 0 N–H and O–H groups in total. The molecule has 0 atom stereocenters. The van der Waals surface area contributed by atoms with Crippen molar-refractivity contribution in [3.8, 4) is 0 Å². The van der Waals surface area contributed by atoms with Crippen LogP contribution in [0.3, 0.4) is 0 Å². The maximum atomic E-state index is 6.99. The summed E-state index contributed by atoms with van der Waals surface area (Å²) >= 11 is 0. The van der Waals surface area contributed by atoms with Gasteiger partial charge in [0.05, 0.1) is 11.4 Å². The van der Waals surface area contributed by atoms with E-state index in [1.54, 1.807) is 0 Å². The van der Waals surface area contributed by atoms with Crippen molar-refractivity contribution < 1.29 is 8.83 Å². The maximum absolute atomic E-state index is 6.99. The van der Waals surface area contributed by atoms with E-state index in [2.05, 4.69) is 211 Å². The van der Waals surface area contributed by atoms with E-state index in [0.717, 1.165) is 99.5 Å². The topological polar surface area (TPSA) is 32.8 Å². The van der Waals surface area contributed by atoms with Crippen LogP contribution < -0.4 is 9.80 Å². The van der Waals surface area contributed by atoms with E-state index in [4.69, 9.17) is 8.83 Å². The first-order chi connectivity index (χ1) is 30.0. The normalized spacial score (nSPS) is 11.9. The average molecular weight is 805 g/mol. The van der Waals surface area contributed by atoms with E-state index in [0.29, 0.717) is 0 Å². The Hall–Kier alpha value is -7.30. The molecule has 4 nitrogen and oxygen atoms in total. The van der Waals surface area contributed by atoms with Crippen molar-refractivity contribution in [2.45, 2.75) is 55.4 Å². The third kappa shape index (κ3) is 5.89. The van der Waals surface area contributed by atoms with Gasteiger partial charge in [-0.3, -0.25) is 0 Å². The zero-order valence-corrected chi connectivity index (χ0v) is 36.6. The lowest BCUT2D eigenvalue weighted by molar-refractivity contribution is 0.664. The van der Waals surface area contributed by atoms with Gasteiger partial charge in [0.15, 0.2) is 0 Å². The summed E-state index contributed by atoms with van der Waals surface area (Å²) in [5, 5.41) is 8.82. The predicted molar refractivity (Wildman–Crippen MR) is 263 cm³/mol. The minimum Gasteiger partial charge on any atom is -0.456 e. The molecule has 302 valence electrons. The highest BCUT2D eigenvalue weighted by atomic mass is 16.3. The molecule has 0 aliphatic carbocycles. The molecular weight excluding hydrogens is 757 g/mol. The molecule has 0 fully saturated rings. The van der Waals surface area contributed by atoms with Crippen molar-refractivity contribution in [2.24, 2.45) is 0 Å². The van der Waals surface area contributed by atoms with Gasteiger partial charge in [0.2, 0.25) is 0 Å². The molecule has 0 spiro atoms. The van der Waals surface area contributed by atoms with Crippen LogP contribution in [0.25, 0.3) is 65.4 Å². The van der Waals surface area contributed by atoms with Crippen LogP contribution >= 0.6 is 0 Å². The lowest BCUT2D eigenvalue weighted by atomic mass is 9.98. The molecule has 2 heterocycles. The van der Waals surface area contributed by atoms with Crippen molar-refractivity contribution in [3.63, 3.8) is 0 Å². The molecule has 0 aliphatic heterocycles. The number of nitrogens with zero attached hydrogens (tertiary/aromatic N) is 2. The molecule has 0 amide bonds. The summed E-state index contributed by atoms with van der Waals surface area (Å²) in [5.41, 5.74) is 20.1. The average Bonchev–Trinajstić information content (AvgIpc) is 3.82. The number of rotatable bonds is 6. The van der Waals surface area contributed by atoms with Crippen LogP contribution in [0.2, 0.25) is 0 Å². The van der Waals surface area contributed by atoms with Crippen LogP contribution in [-0.2, 0) is 0 Å². The van der Waals surface area contributed by atoms with Crippen LogP contribution in [0.5, 0.6) is 0 Å². The first-order valence-electron chi connectivity index (χ1n) is 21.6. The van der Waals surface area contributed by atoms with Crippen LogP contribution in [-0.4, -0.2) is 0 Å². The Morgan fingerprint density at radius 1 is 0.306 bits per heavy atom. The zero-order valence-electron chi connectivity index (χ0n) is 36.6. The molecule has 11 aromatic rings. The number of furan rings is 2. The number of hydrogen-bond donors (Lipinski definition) is 0. The largest absolute Gasteiger partial charge is 0.456 e. The number of anilines is 6. The Balaban J connectivity index is 1.15. The van der Waals surface area contributed by atoms with Crippen molar-refractivity contribution in [1.82, 2.24) is 0 Å². The molecule has 9 aromatic carbocycles. The van der Waals surface area contributed by atoms with E-state index >= 15 is 0 Å². The lowest BCUT2D eigenvalue weighted by Gasteiger charge is -2.28. The summed E-state index contributed by atoms with van der Waals surface area (Å²) in [7, 11) is 0. The highest BCUT2D eigenvalue weighted by Crippen LogP contribution is 2.49. The van der Waals surface area contributed by atoms with Gasteiger partial charge in [0.25, 0.3) is 0 Å². The van der Waals surface area contributed by atoms with Crippen LogP contribution in [0.4, 0.5) is 34.1 Å². The second-order valence-electron chi connectivity index (χ2n) is 17.4. The molecule has 0 radical (unpaired) electrons. The molecule has 0 bridgehead atoms. The fraction of sp³-hybridized carbons (Fsp3) is 0.138. The lowest BCUT2D eigenvalue weighted by Crippen LogP contribution is -2.11. The third-order valence-electron chi connectivity index (χ3n) is 13.4. The van der Waals surface area contributed by atoms with Gasteiger partial charge in [0, 0.05) is 67.2 Å². The standard InChI is InChI=1S/C58H48N2O2/c1-33-17-21-41(22-18-33)59(43-25-35(3)39(7)36(4)26-43)51-31-55-57(47-15-11-9-13-45(47)51)49-29-54-50(30-53(49)61-55)58-48-16-12-10-14-46(48)52(32-56(58)62-54)60(42-23-19-34(2)20-24-42)44-27-37(5)40(8)38(6)28-44/h9-32H,1-8H3. The minimum atomic E-state index is 0.835. The molecule has 0 saturated carbocycles. The first kappa shape index (κ1) is 37.7. The van der Waals surface area contributed by atoms with Crippen LogP contribution in [0.1, 0.15) is 44.5 Å². The number of aryl methyl sites for hydroxylation is 6. The summed E-state index contributed by atoms with van der Waals surface area (Å²) in [5.74, 6) is 0. The van der Waals surface area contributed by atoms with Gasteiger partial charge in [-0.1, -0.05) is 83.9 Å². The van der Waals surface area contributed by atoms with Gasteiger partial charge in [-0.2, -0.15) is 0 Å². The van der Waals surface area contributed by atoms with Crippen LogP contribution in [0.15, 0.2) is 154 Å². The smallest absolute Gasteiger partial charge is 0.138 e. The van der Waals surface area contributed by atoms with Gasteiger partial charge in [0.1, 0.15) is 22.3 Å². The monoisotopic (exact) mass is 804 g/mol. The highest BCUT2D eigenvalue weighted by molar-refractivity contribution is 6.28. The summed E-state index contributed by atoms with van der Waals surface area (Å²) in [6, 6.07) is 53.2. The Labute approximate surface area is 362 Å². The van der Waals surface area contributed by atoms with Crippen LogP contribution in [0, 0.1) is 55.4 Å². The van der Waals surface area contributed by atoms with E-state index < -0.39 is 0 Å². The van der Waals surface area contributed by atoms with Gasteiger partial charge < -0.3 is 18.6 Å². The Morgan fingerprint density at radius 2 is 0.645 bits per heavy atom. The molecule has 0 aliphatic rings. The van der Waals surface area contributed by atoms with Crippen molar-refractivity contribution in [2.75, 3.05) is 9.80 Å². The van der Waals surface area contributed by atoms with Crippen molar-refractivity contribution in [1.29, 1.82) is 0 Å². The fourth-order valence-electron chi connectivity index (χ4n) is 9.63. The summed E-state index contributed by atoms with van der Waals surface area (Å²) in [6.45, 7) is 17.5. The Morgan fingerprint density at radius 3 is 1.00 bits per heavy atom. The Bertz CT molecular complexity index is 3320. The molecule has 62 heavy (non-hydrogen) atoms. The van der Waals surface area contributed by atoms with Crippen molar-refractivity contribution >= 4 is 99.5 Å². The fourth-order valence-corrected chi connectivity index (χ4v) is 9.63. The SMILES string of the molecule is Cc1ccc(N(c2cc(C)c(C)c(C)c2)c2cc3oc4cc5c(cc4c3c3ccccc23)oc2cc(N(c3ccc(C)cc3)c3cc(C)c(C)c(C)c3)c3ccccc3c25)cc1. The van der Waals surface area contributed by atoms with Gasteiger partial charge >= 0.3 is 0 Å². The van der Waals surface area contributed by atoms with E-state index in [1.807, 2.05) is 0 Å². The first-order valence-corrected chi connectivity index (χ1v) is 21.6. The number of benzene rings is 9. The predicted octanol–water partition coefficient (Wildman–Crippen LogP) is 17.2. The molecule has 0 unspecified atom stereocenters. The quantitative estimate of drug-likeness (QED) is 0.168. The molecule has 4 heteroatoms. The van der Waals surface area contributed by atoms with Gasteiger partial charge in [-0.15, -0.1) is 0 Å². The summed E-state index contributed by atoms with van der Waals surface area (Å²) in [4.78, 5) is 4.77. The van der Waals surface area contributed by atoms with Crippen molar-refractivity contribution in [3.05, 3.63) is 190 Å². The second-order valence-corrected chi connectivity index (χ2v) is 17.4. The summed E-state index contributed by atoms with van der Waals surface area (Å²) < 4.78 is 14.0. The highest BCUT2D eigenvalue weighted by Gasteiger charge is 2.25. The molecule has 0 saturated heterocycles. The third-order valence-corrected chi connectivity index (χ3v) is 13.4. The molecule has 11 rings (SSSR count).